The van der Waals surface area contributed by atoms with Crippen molar-refractivity contribution in [3.63, 3.8) is 0 Å². The Kier molecular flexibility index (Phi) is 3.28. The number of hydrogen-bond acceptors (Lipinski definition) is 5. The highest BCUT2D eigenvalue weighted by Crippen LogP contribution is 2.37. The minimum Gasteiger partial charge on any atom is -0.385 e. The molecule has 0 aliphatic heterocycles. The van der Waals surface area contributed by atoms with E-state index in [1.165, 1.54) is 11.8 Å². The van der Waals surface area contributed by atoms with E-state index < -0.39 is 5.60 Å². The molecular weight excluding hydrogens is 260 g/mol. The summed E-state index contributed by atoms with van der Waals surface area (Å²) in [5.74, 6) is 0.532. The fraction of sp³-hybridized carbons (Fsp3) is 0.462. The van der Waals surface area contributed by atoms with Crippen LogP contribution in [0, 0.1) is 0 Å². The molecule has 1 heterocycles. The maximum Gasteiger partial charge on any atom is 0.209 e. The van der Waals surface area contributed by atoms with Crippen molar-refractivity contribution < 1.29 is 5.11 Å². The Morgan fingerprint density at radius 3 is 2.79 bits per heavy atom. The van der Waals surface area contributed by atoms with Gasteiger partial charge in [-0.15, -0.1) is 5.10 Å². The molecule has 2 aromatic rings. The largest absolute Gasteiger partial charge is 0.385 e. The van der Waals surface area contributed by atoms with Gasteiger partial charge in [-0.3, -0.25) is 0 Å². The molecule has 1 aromatic heterocycles. The van der Waals surface area contributed by atoms with Crippen molar-refractivity contribution in [3.8, 4) is 0 Å². The van der Waals surface area contributed by atoms with Gasteiger partial charge in [-0.25, -0.2) is 4.68 Å². The molecular formula is C13H16N4OS. The van der Waals surface area contributed by atoms with E-state index in [1.54, 1.807) is 0 Å². The smallest absolute Gasteiger partial charge is 0.209 e. The molecule has 0 radical (unpaired) electrons. The number of aromatic nitrogens is 4. The highest BCUT2D eigenvalue weighted by Gasteiger charge is 2.30. The highest BCUT2D eigenvalue weighted by atomic mass is 32.2. The van der Waals surface area contributed by atoms with Gasteiger partial charge >= 0.3 is 0 Å². The summed E-state index contributed by atoms with van der Waals surface area (Å²) in [6.07, 6.45) is 2.29. The van der Waals surface area contributed by atoms with E-state index in [0.717, 1.165) is 23.6 Å². The van der Waals surface area contributed by atoms with E-state index in [1.807, 2.05) is 41.9 Å². The van der Waals surface area contributed by atoms with E-state index >= 15 is 0 Å². The first-order chi connectivity index (χ1) is 9.17. The summed E-state index contributed by atoms with van der Waals surface area (Å²) in [7, 11) is 0. The summed E-state index contributed by atoms with van der Waals surface area (Å²) >= 11 is 1.50. The molecule has 1 fully saturated rings. The van der Waals surface area contributed by atoms with E-state index in [-0.39, 0.29) is 0 Å². The van der Waals surface area contributed by atoms with E-state index in [2.05, 4.69) is 15.5 Å². The molecule has 100 valence electrons. The summed E-state index contributed by atoms with van der Waals surface area (Å²) in [4.78, 5) is 0. The van der Waals surface area contributed by atoms with Gasteiger partial charge in [0.25, 0.3) is 0 Å². The summed E-state index contributed by atoms with van der Waals surface area (Å²) in [6, 6.07) is 10.1. The van der Waals surface area contributed by atoms with Gasteiger partial charge < -0.3 is 5.11 Å². The average molecular weight is 276 g/mol. The van der Waals surface area contributed by atoms with Crippen LogP contribution in [0.25, 0.3) is 0 Å². The molecule has 19 heavy (non-hydrogen) atoms. The molecule has 1 saturated carbocycles. The molecule has 0 spiro atoms. The third-order valence-electron chi connectivity index (χ3n) is 3.23. The second-order valence-corrected chi connectivity index (χ2v) is 6.01. The van der Waals surface area contributed by atoms with Crippen LogP contribution in [-0.4, -0.2) is 31.1 Å². The zero-order valence-corrected chi connectivity index (χ0v) is 11.5. The zero-order chi connectivity index (χ0) is 13.3. The average Bonchev–Trinajstić information content (AvgIpc) is 3.16. The van der Waals surface area contributed by atoms with Crippen molar-refractivity contribution in [1.29, 1.82) is 0 Å². The van der Waals surface area contributed by atoms with Crippen LogP contribution in [0.1, 0.15) is 31.4 Å². The molecule has 1 aromatic carbocycles. The number of nitrogens with zero attached hydrogens (tertiary/aromatic N) is 4. The van der Waals surface area contributed by atoms with Crippen molar-refractivity contribution in [2.24, 2.45) is 0 Å². The van der Waals surface area contributed by atoms with Crippen molar-refractivity contribution >= 4 is 11.8 Å². The Labute approximate surface area is 116 Å². The monoisotopic (exact) mass is 276 g/mol. The second-order valence-electron chi connectivity index (χ2n) is 5.07. The minimum atomic E-state index is -0.883. The van der Waals surface area contributed by atoms with Crippen molar-refractivity contribution in [2.75, 3.05) is 5.75 Å². The molecule has 5 nitrogen and oxygen atoms in total. The molecule has 1 atom stereocenters. The minimum absolute atomic E-state index is 0.458. The third-order valence-corrected chi connectivity index (χ3v) is 4.47. The Bertz CT molecular complexity index is 551. The fourth-order valence-corrected chi connectivity index (χ4v) is 2.90. The molecule has 0 amide bonds. The van der Waals surface area contributed by atoms with Crippen LogP contribution in [0.5, 0.6) is 0 Å². The molecule has 1 aliphatic rings. The first-order valence-corrected chi connectivity index (χ1v) is 7.34. The normalized spacial score (nSPS) is 18.2. The van der Waals surface area contributed by atoms with E-state index in [0.29, 0.717) is 11.8 Å². The van der Waals surface area contributed by atoms with Crippen molar-refractivity contribution in [2.45, 2.75) is 36.6 Å². The number of tetrazole rings is 1. The SMILES string of the molecule is CC(O)(CSc1nnnn1C1CC1)c1ccccc1. The molecule has 1 N–H and O–H groups in total. The van der Waals surface area contributed by atoms with Crippen LogP contribution >= 0.6 is 11.8 Å². The predicted octanol–water partition coefficient (Wildman–Crippen LogP) is 2.01. The van der Waals surface area contributed by atoms with Crippen LogP contribution in [0.4, 0.5) is 0 Å². The summed E-state index contributed by atoms with van der Waals surface area (Å²) in [5.41, 5.74) is 0.0275. The van der Waals surface area contributed by atoms with E-state index in [4.69, 9.17) is 0 Å². The topological polar surface area (TPSA) is 63.8 Å². The van der Waals surface area contributed by atoms with Crippen LogP contribution in [0.2, 0.25) is 0 Å². The lowest BCUT2D eigenvalue weighted by molar-refractivity contribution is 0.0838. The molecule has 0 saturated heterocycles. The summed E-state index contributed by atoms with van der Waals surface area (Å²) in [5, 5.41) is 23.1. The van der Waals surface area contributed by atoms with Crippen molar-refractivity contribution in [1.82, 2.24) is 20.2 Å². The van der Waals surface area contributed by atoms with Crippen molar-refractivity contribution in [3.05, 3.63) is 35.9 Å². The van der Waals surface area contributed by atoms with Crippen LogP contribution in [0.15, 0.2) is 35.5 Å². The fourth-order valence-electron chi connectivity index (χ4n) is 1.91. The van der Waals surface area contributed by atoms with Gasteiger partial charge in [-0.2, -0.15) is 0 Å². The Morgan fingerprint density at radius 2 is 2.11 bits per heavy atom. The van der Waals surface area contributed by atoms with Gasteiger partial charge in [0.1, 0.15) is 0 Å². The molecule has 0 bridgehead atoms. The maximum atomic E-state index is 10.5. The zero-order valence-electron chi connectivity index (χ0n) is 10.7. The standard InChI is InChI=1S/C13H16N4OS/c1-13(18,10-5-3-2-4-6-10)9-19-12-14-15-16-17(12)11-7-8-11/h2-6,11,18H,7-9H2,1H3. The highest BCUT2D eigenvalue weighted by molar-refractivity contribution is 7.99. The van der Waals surface area contributed by atoms with Gasteiger partial charge in [-0.1, -0.05) is 42.1 Å². The lowest BCUT2D eigenvalue weighted by Crippen LogP contribution is -2.24. The number of rotatable bonds is 5. The quantitative estimate of drug-likeness (QED) is 0.846. The van der Waals surface area contributed by atoms with Crippen LogP contribution in [0.3, 0.4) is 0 Å². The van der Waals surface area contributed by atoms with Gasteiger partial charge in [0.05, 0.1) is 11.6 Å². The van der Waals surface area contributed by atoms with Gasteiger partial charge in [0.2, 0.25) is 5.16 Å². The lowest BCUT2D eigenvalue weighted by Gasteiger charge is -2.22. The number of hydrogen-bond donors (Lipinski definition) is 1. The van der Waals surface area contributed by atoms with Crippen LogP contribution < -0.4 is 0 Å². The molecule has 1 aliphatic carbocycles. The van der Waals surface area contributed by atoms with Gasteiger partial charge in [0, 0.05) is 5.75 Å². The maximum absolute atomic E-state index is 10.5. The Hall–Kier alpha value is -1.40. The van der Waals surface area contributed by atoms with Gasteiger partial charge in [-0.05, 0) is 35.8 Å². The first kappa shape index (κ1) is 12.6. The van der Waals surface area contributed by atoms with Crippen LogP contribution in [-0.2, 0) is 5.60 Å². The second kappa shape index (κ2) is 4.94. The molecule has 3 rings (SSSR count). The number of benzene rings is 1. The predicted molar refractivity (Wildman–Crippen MR) is 72.8 cm³/mol. The molecule has 6 heteroatoms. The Morgan fingerprint density at radius 1 is 1.37 bits per heavy atom. The summed E-state index contributed by atoms with van der Waals surface area (Å²) in [6.45, 7) is 1.82. The number of aliphatic hydroxyl groups is 1. The lowest BCUT2D eigenvalue weighted by atomic mass is 9.99. The third kappa shape index (κ3) is 2.79. The van der Waals surface area contributed by atoms with E-state index in [9.17, 15) is 5.11 Å². The number of thioether (sulfide) groups is 1. The Balaban J connectivity index is 1.69. The van der Waals surface area contributed by atoms with Gasteiger partial charge in [0.15, 0.2) is 0 Å². The molecule has 1 unspecified atom stereocenters. The first-order valence-electron chi connectivity index (χ1n) is 6.35. The summed E-state index contributed by atoms with van der Waals surface area (Å²) < 4.78 is 1.87.